The van der Waals surface area contributed by atoms with Crippen LogP contribution < -0.4 is 0 Å². The molecule has 1 radical (unpaired) electrons. The van der Waals surface area contributed by atoms with Gasteiger partial charge in [-0.1, -0.05) is 20.0 Å². The standard InChI is InChI=1S/C10H19O3Si/c1-5-6-13-10(11)9(7-12-2)8-14(3)4/h7H,5-6,8H2,1-4H3. The summed E-state index contributed by atoms with van der Waals surface area (Å²) in [5, 5.41) is 0. The second kappa shape index (κ2) is 7.61. The van der Waals surface area contributed by atoms with Crippen LogP contribution in [0.2, 0.25) is 19.1 Å². The normalized spacial score (nSPS) is 11.6. The van der Waals surface area contributed by atoms with Crippen LogP contribution in [0.4, 0.5) is 0 Å². The van der Waals surface area contributed by atoms with E-state index in [1.807, 2.05) is 6.92 Å². The van der Waals surface area contributed by atoms with E-state index in [1.54, 1.807) is 7.11 Å². The quantitative estimate of drug-likeness (QED) is 0.295. The van der Waals surface area contributed by atoms with Gasteiger partial charge in [-0.3, -0.25) is 0 Å². The molecule has 14 heavy (non-hydrogen) atoms. The van der Waals surface area contributed by atoms with E-state index < -0.39 is 8.80 Å². The van der Waals surface area contributed by atoms with E-state index in [0.29, 0.717) is 12.2 Å². The molecular weight excluding hydrogens is 196 g/mol. The summed E-state index contributed by atoms with van der Waals surface area (Å²) in [6, 6.07) is 0.793. The minimum absolute atomic E-state index is 0.236. The first kappa shape index (κ1) is 13.2. The molecule has 0 aliphatic heterocycles. The zero-order chi connectivity index (χ0) is 11.0. The Morgan fingerprint density at radius 2 is 2.07 bits per heavy atom. The summed E-state index contributed by atoms with van der Waals surface area (Å²) >= 11 is 0. The van der Waals surface area contributed by atoms with Crippen molar-refractivity contribution in [1.29, 1.82) is 0 Å². The van der Waals surface area contributed by atoms with E-state index in [0.717, 1.165) is 12.5 Å². The van der Waals surface area contributed by atoms with Crippen LogP contribution in [-0.4, -0.2) is 28.5 Å². The monoisotopic (exact) mass is 215 g/mol. The molecule has 0 fully saturated rings. The average molecular weight is 215 g/mol. The molecule has 0 aromatic heterocycles. The van der Waals surface area contributed by atoms with Gasteiger partial charge in [-0.2, -0.15) is 0 Å². The molecule has 0 saturated heterocycles. The molecular formula is C10H19O3Si. The Balaban J connectivity index is 4.19. The lowest BCUT2D eigenvalue weighted by Gasteiger charge is -2.08. The Hall–Kier alpha value is -0.773. The van der Waals surface area contributed by atoms with E-state index in [-0.39, 0.29) is 5.97 Å². The van der Waals surface area contributed by atoms with Crippen LogP contribution in [0.1, 0.15) is 13.3 Å². The summed E-state index contributed by atoms with van der Waals surface area (Å²) in [5.74, 6) is -0.236. The largest absolute Gasteiger partial charge is 0.504 e. The van der Waals surface area contributed by atoms with E-state index >= 15 is 0 Å². The molecule has 0 aliphatic rings. The molecule has 0 aromatic rings. The molecule has 0 spiro atoms. The molecule has 0 aromatic carbocycles. The number of carbonyl (C=O) groups excluding carboxylic acids is 1. The summed E-state index contributed by atoms with van der Waals surface area (Å²) in [4.78, 5) is 11.5. The molecule has 0 bridgehead atoms. The molecule has 0 unspecified atom stereocenters. The molecule has 3 nitrogen and oxygen atoms in total. The molecule has 4 heteroatoms. The lowest BCUT2D eigenvalue weighted by molar-refractivity contribution is -0.139. The van der Waals surface area contributed by atoms with Gasteiger partial charge in [-0.05, 0) is 12.5 Å². The van der Waals surface area contributed by atoms with Crippen LogP contribution >= 0.6 is 0 Å². The van der Waals surface area contributed by atoms with Gasteiger partial charge < -0.3 is 9.47 Å². The predicted molar refractivity (Wildman–Crippen MR) is 58.6 cm³/mol. The molecule has 0 rings (SSSR count). The lowest BCUT2D eigenvalue weighted by atomic mass is 10.3. The Bertz CT molecular complexity index is 200. The maximum Gasteiger partial charge on any atom is 0.336 e. The predicted octanol–water partition coefficient (Wildman–Crippen LogP) is 2.22. The summed E-state index contributed by atoms with van der Waals surface area (Å²) < 4.78 is 9.90. The minimum atomic E-state index is -0.474. The van der Waals surface area contributed by atoms with Crippen LogP contribution in [0.5, 0.6) is 0 Å². The number of rotatable bonds is 6. The highest BCUT2D eigenvalue weighted by molar-refractivity contribution is 6.57. The van der Waals surface area contributed by atoms with Gasteiger partial charge in [0.25, 0.3) is 0 Å². The SMILES string of the molecule is CCCOC(=O)C(=COC)C[Si](C)C. The van der Waals surface area contributed by atoms with Crippen LogP contribution in [0.25, 0.3) is 0 Å². The van der Waals surface area contributed by atoms with Crippen molar-refractivity contribution in [3.05, 3.63) is 11.8 Å². The average Bonchev–Trinajstić information content (AvgIpc) is 2.13. The topological polar surface area (TPSA) is 35.5 Å². The van der Waals surface area contributed by atoms with Crippen LogP contribution in [-0.2, 0) is 14.3 Å². The van der Waals surface area contributed by atoms with Crippen molar-refractivity contribution >= 4 is 14.8 Å². The van der Waals surface area contributed by atoms with E-state index in [2.05, 4.69) is 13.1 Å². The molecule has 0 N–H and O–H groups in total. The summed E-state index contributed by atoms with van der Waals surface area (Å²) in [6.45, 7) is 6.76. The maximum atomic E-state index is 11.5. The smallest absolute Gasteiger partial charge is 0.336 e. The van der Waals surface area contributed by atoms with Gasteiger partial charge in [0.15, 0.2) is 0 Å². The highest BCUT2D eigenvalue weighted by Crippen LogP contribution is 2.09. The molecule has 0 amide bonds. The fourth-order valence-corrected chi connectivity index (χ4v) is 1.96. The van der Waals surface area contributed by atoms with Crippen LogP contribution in [0, 0.1) is 0 Å². The van der Waals surface area contributed by atoms with Gasteiger partial charge in [-0.25, -0.2) is 4.79 Å². The van der Waals surface area contributed by atoms with Crippen LogP contribution in [0.3, 0.4) is 0 Å². The van der Waals surface area contributed by atoms with Crippen molar-refractivity contribution in [1.82, 2.24) is 0 Å². The first-order chi connectivity index (χ1) is 6.61. The third-order valence-corrected chi connectivity index (χ3v) is 2.59. The molecule has 0 aliphatic carbocycles. The van der Waals surface area contributed by atoms with Crippen molar-refractivity contribution in [2.24, 2.45) is 0 Å². The van der Waals surface area contributed by atoms with Gasteiger partial charge >= 0.3 is 5.97 Å². The zero-order valence-electron chi connectivity index (χ0n) is 9.42. The molecule has 0 saturated carbocycles. The van der Waals surface area contributed by atoms with Gasteiger partial charge in [0.1, 0.15) is 0 Å². The van der Waals surface area contributed by atoms with Gasteiger partial charge in [0, 0.05) is 8.80 Å². The number of carbonyl (C=O) groups is 1. The van der Waals surface area contributed by atoms with E-state index in [9.17, 15) is 4.79 Å². The Kier molecular flexibility index (Phi) is 7.19. The van der Waals surface area contributed by atoms with Gasteiger partial charge in [0.2, 0.25) is 0 Å². The zero-order valence-corrected chi connectivity index (χ0v) is 10.4. The lowest BCUT2D eigenvalue weighted by Crippen LogP contribution is -2.13. The number of hydrogen-bond acceptors (Lipinski definition) is 3. The Morgan fingerprint density at radius 1 is 1.43 bits per heavy atom. The molecule has 0 atom stereocenters. The third-order valence-electron chi connectivity index (χ3n) is 1.50. The highest BCUT2D eigenvalue weighted by Gasteiger charge is 2.13. The van der Waals surface area contributed by atoms with E-state index in [1.165, 1.54) is 6.26 Å². The van der Waals surface area contributed by atoms with Crippen molar-refractivity contribution in [3.63, 3.8) is 0 Å². The summed E-state index contributed by atoms with van der Waals surface area (Å²) in [5.41, 5.74) is 0.653. The fourth-order valence-electron chi connectivity index (χ4n) is 0.973. The van der Waals surface area contributed by atoms with Crippen LogP contribution in [0.15, 0.2) is 11.8 Å². The van der Waals surface area contributed by atoms with Crippen molar-refractivity contribution in [3.8, 4) is 0 Å². The number of methoxy groups -OCH3 is 1. The van der Waals surface area contributed by atoms with Crippen molar-refractivity contribution < 1.29 is 14.3 Å². The second-order valence-corrected chi connectivity index (χ2v) is 6.17. The van der Waals surface area contributed by atoms with Crippen molar-refractivity contribution in [2.75, 3.05) is 13.7 Å². The second-order valence-electron chi connectivity index (χ2n) is 3.40. The first-order valence-electron chi connectivity index (χ1n) is 4.79. The fraction of sp³-hybridized carbons (Fsp3) is 0.700. The summed E-state index contributed by atoms with van der Waals surface area (Å²) in [6.07, 6.45) is 2.34. The molecule has 81 valence electrons. The number of ether oxygens (including phenoxy) is 2. The van der Waals surface area contributed by atoms with Crippen molar-refractivity contribution in [2.45, 2.75) is 32.5 Å². The van der Waals surface area contributed by atoms with Gasteiger partial charge in [-0.15, -0.1) is 0 Å². The number of esters is 1. The highest BCUT2D eigenvalue weighted by atomic mass is 28.3. The van der Waals surface area contributed by atoms with Gasteiger partial charge in [0.05, 0.1) is 25.6 Å². The third kappa shape index (κ3) is 5.80. The summed E-state index contributed by atoms with van der Waals surface area (Å²) in [7, 11) is 1.07. The first-order valence-corrected chi connectivity index (χ1v) is 7.50. The Labute approximate surface area is 87.7 Å². The number of hydrogen-bond donors (Lipinski definition) is 0. The Morgan fingerprint density at radius 3 is 2.50 bits per heavy atom. The van der Waals surface area contributed by atoms with E-state index in [4.69, 9.17) is 9.47 Å². The minimum Gasteiger partial charge on any atom is -0.504 e. The maximum absolute atomic E-state index is 11.5. The molecule has 0 heterocycles.